The monoisotopic (exact) mass is 386 g/mol. The Labute approximate surface area is 159 Å². The predicted molar refractivity (Wildman–Crippen MR) is 96.0 cm³/mol. The van der Waals surface area contributed by atoms with Crippen molar-refractivity contribution in [3.05, 3.63) is 0 Å². The summed E-state index contributed by atoms with van der Waals surface area (Å²) in [6.07, 6.45) is -0.422. The number of nitrogens with one attached hydrogen (secondary N) is 1. The molecule has 1 aliphatic heterocycles. The second-order valence-electron chi connectivity index (χ2n) is 8.52. The Kier molecular flexibility index (Phi) is 7.22. The van der Waals surface area contributed by atoms with Crippen molar-refractivity contribution in [2.75, 3.05) is 6.54 Å². The maximum absolute atomic E-state index is 12.8. The minimum Gasteiger partial charge on any atom is -0.480 e. The van der Waals surface area contributed by atoms with Gasteiger partial charge in [-0.1, -0.05) is 0 Å². The van der Waals surface area contributed by atoms with Crippen LogP contribution in [0.2, 0.25) is 0 Å². The number of carboxylic acid groups (broad SMARTS) is 1. The van der Waals surface area contributed by atoms with Crippen molar-refractivity contribution in [1.29, 1.82) is 0 Å². The number of carboxylic acids is 1. The van der Waals surface area contributed by atoms with Gasteiger partial charge in [0.05, 0.1) is 6.42 Å². The topological polar surface area (TPSA) is 122 Å². The van der Waals surface area contributed by atoms with E-state index in [9.17, 15) is 24.3 Å². The highest BCUT2D eigenvalue weighted by Gasteiger charge is 2.39. The molecular weight excluding hydrogens is 356 g/mol. The molecule has 2 amide bonds. The molecule has 154 valence electrons. The van der Waals surface area contributed by atoms with Gasteiger partial charge < -0.3 is 24.8 Å². The first-order valence-electron chi connectivity index (χ1n) is 8.94. The number of carbonyl (C=O) groups excluding carboxylic acids is 3. The molecule has 0 radical (unpaired) electrons. The molecule has 2 atom stereocenters. The number of likely N-dealkylation sites (tertiary alicyclic amines) is 1. The summed E-state index contributed by atoms with van der Waals surface area (Å²) in [5.74, 6) is -2.44. The van der Waals surface area contributed by atoms with Crippen LogP contribution >= 0.6 is 0 Å². The largest absolute Gasteiger partial charge is 0.480 e. The Morgan fingerprint density at radius 3 is 2.11 bits per heavy atom. The third kappa shape index (κ3) is 7.84. The van der Waals surface area contributed by atoms with Gasteiger partial charge in [-0.25, -0.2) is 9.59 Å². The lowest BCUT2D eigenvalue weighted by atomic mass is 10.1. The Morgan fingerprint density at radius 1 is 1.07 bits per heavy atom. The summed E-state index contributed by atoms with van der Waals surface area (Å²) in [6, 6.07) is -2.24. The van der Waals surface area contributed by atoms with E-state index in [4.69, 9.17) is 9.47 Å². The van der Waals surface area contributed by atoms with Crippen LogP contribution in [0.1, 0.15) is 60.8 Å². The molecule has 0 saturated carbocycles. The summed E-state index contributed by atoms with van der Waals surface area (Å²) in [5.41, 5.74) is -1.55. The van der Waals surface area contributed by atoms with E-state index in [1.807, 2.05) is 0 Å². The van der Waals surface area contributed by atoms with Gasteiger partial charge in [0.1, 0.15) is 23.3 Å². The van der Waals surface area contributed by atoms with Crippen LogP contribution in [0.5, 0.6) is 0 Å². The van der Waals surface area contributed by atoms with Gasteiger partial charge in [-0.05, 0) is 54.4 Å². The number of hydrogen-bond acceptors (Lipinski definition) is 6. The van der Waals surface area contributed by atoms with Crippen molar-refractivity contribution in [2.24, 2.45) is 0 Å². The summed E-state index contributed by atoms with van der Waals surface area (Å²) in [4.78, 5) is 49.7. The highest BCUT2D eigenvalue weighted by atomic mass is 16.6. The quantitative estimate of drug-likeness (QED) is 0.689. The van der Waals surface area contributed by atoms with E-state index in [-0.39, 0.29) is 6.54 Å². The third-order valence-corrected chi connectivity index (χ3v) is 3.60. The lowest BCUT2D eigenvalue weighted by molar-refractivity contribution is -0.157. The Balaban J connectivity index is 2.95. The number of hydrogen-bond donors (Lipinski definition) is 2. The maximum atomic E-state index is 12.8. The lowest BCUT2D eigenvalue weighted by Gasteiger charge is -2.28. The zero-order valence-electron chi connectivity index (χ0n) is 16.8. The van der Waals surface area contributed by atoms with Crippen molar-refractivity contribution in [3.63, 3.8) is 0 Å². The standard InChI is InChI=1S/C18H30N2O7/c1-17(2,3)26-13(21)10-11(19-16(25)27-18(4,5)6)14(22)20-9-7-8-12(20)15(23)24/h11-12H,7-10H2,1-6H3,(H,19,25)(H,23,24)/t11-,12?/m0/s1. The molecule has 0 aromatic rings. The summed E-state index contributed by atoms with van der Waals surface area (Å²) < 4.78 is 10.4. The normalized spacial score (nSPS) is 18.6. The van der Waals surface area contributed by atoms with Gasteiger partial charge in [0.15, 0.2) is 0 Å². The van der Waals surface area contributed by atoms with Crippen molar-refractivity contribution in [1.82, 2.24) is 10.2 Å². The van der Waals surface area contributed by atoms with Crippen molar-refractivity contribution in [3.8, 4) is 0 Å². The third-order valence-electron chi connectivity index (χ3n) is 3.60. The second-order valence-corrected chi connectivity index (χ2v) is 8.52. The number of carbonyl (C=O) groups is 4. The first kappa shape index (κ1) is 22.7. The summed E-state index contributed by atoms with van der Waals surface area (Å²) in [6.45, 7) is 10.3. The van der Waals surface area contributed by atoms with Crippen LogP contribution in [0.15, 0.2) is 0 Å². The molecule has 0 aliphatic carbocycles. The number of ether oxygens (including phenoxy) is 2. The molecule has 0 spiro atoms. The highest BCUT2D eigenvalue weighted by Crippen LogP contribution is 2.20. The fourth-order valence-electron chi connectivity index (χ4n) is 2.69. The summed E-state index contributed by atoms with van der Waals surface area (Å²) >= 11 is 0. The van der Waals surface area contributed by atoms with Crippen molar-refractivity contribution < 1.29 is 33.8 Å². The van der Waals surface area contributed by atoms with Crippen LogP contribution in [0.3, 0.4) is 0 Å². The van der Waals surface area contributed by atoms with Gasteiger partial charge in [0.25, 0.3) is 0 Å². The summed E-state index contributed by atoms with van der Waals surface area (Å²) in [5, 5.41) is 11.7. The van der Waals surface area contributed by atoms with Gasteiger partial charge in [0.2, 0.25) is 5.91 Å². The van der Waals surface area contributed by atoms with Crippen LogP contribution in [0.25, 0.3) is 0 Å². The first-order chi connectivity index (χ1) is 12.2. The minimum atomic E-state index is -1.27. The molecule has 1 heterocycles. The molecule has 27 heavy (non-hydrogen) atoms. The van der Waals surface area contributed by atoms with Crippen LogP contribution in [0, 0.1) is 0 Å². The molecule has 1 saturated heterocycles. The van der Waals surface area contributed by atoms with Gasteiger partial charge in [-0.15, -0.1) is 0 Å². The molecule has 2 N–H and O–H groups in total. The van der Waals surface area contributed by atoms with E-state index in [0.29, 0.717) is 12.8 Å². The Morgan fingerprint density at radius 2 is 1.63 bits per heavy atom. The molecule has 1 unspecified atom stereocenters. The first-order valence-corrected chi connectivity index (χ1v) is 8.94. The van der Waals surface area contributed by atoms with E-state index in [1.165, 1.54) is 4.90 Å². The highest BCUT2D eigenvalue weighted by molar-refractivity contribution is 5.92. The molecule has 0 bridgehead atoms. The van der Waals surface area contributed by atoms with Crippen LogP contribution in [-0.2, 0) is 23.9 Å². The fraction of sp³-hybridized carbons (Fsp3) is 0.778. The fourth-order valence-corrected chi connectivity index (χ4v) is 2.69. The second kappa shape index (κ2) is 8.58. The SMILES string of the molecule is CC(C)(C)OC(=O)C[C@H](NC(=O)OC(C)(C)C)C(=O)N1CCCC1C(=O)O. The number of alkyl carbamates (subject to hydrolysis) is 1. The summed E-state index contributed by atoms with van der Waals surface area (Å²) in [7, 11) is 0. The average Bonchev–Trinajstić information content (AvgIpc) is 2.90. The molecule has 1 fully saturated rings. The van der Waals surface area contributed by atoms with Crippen LogP contribution in [-0.4, -0.2) is 63.8 Å². The number of amides is 2. The smallest absolute Gasteiger partial charge is 0.408 e. The van der Waals surface area contributed by atoms with E-state index >= 15 is 0 Å². The molecule has 9 heteroatoms. The van der Waals surface area contributed by atoms with E-state index in [1.54, 1.807) is 41.5 Å². The molecular formula is C18H30N2O7. The van der Waals surface area contributed by atoms with Gasteiger partial charge >= 0.3 is 18.0 Å². The van der Waals surface area contributed by atoms with E-state index in [2.05, 4.69) is 5.32 Å². The van der Waals surface area contributed by atoms with Crippen molar-refractivity contribution in [2.45, 2.75) is 84.1 Å². The van der Waals surface area contributed by atoms with E-state index < -0.39 is 53.6 Å². The number of nitrogens with zero attached hydrogens (tertiary/aromatic N) is 1. The lowest BCUT2D eigenvalue weighted by Crippen LogP contribution is -2.53. The Bertz CT molecular complexity index is 559. The average molecular weight is 386 g/mol. The Hall–Kier alpha value is -2.32. The number of rotatable bonds is 5. The van der Waals surface area contributed by atoms with E-state index in [0.717, 1.165) is 0 Å². The predicted octanol–water partition coefficient (Wildman–Crippen LogP) is 1.69. The minimum absolute atomic E-state index is 0.247. The molecule has 1 aliphatic rings. The molecule has 1 rings (SSSR count). The number of aliphatic carboxylic acids is 1. The van der Waals surface area contributed by atoms with Crippen molar-refractivity contribution >= 4 is 23.9 Å². The van der Waals surface area contributed by atoms with Crippen LogP contribution < -0.4 is 5.32 Å². The number of esters is 1. The zero-order chi connectivity index (χ0) is 21.0. The molecule has 0 aromatic carbocycles. The van der Waals surface area contributed by atoms with Gasteiger partial charge in [-0.2, -0.15) is 0 Å². The van der Waals surface area contributed by atoms with Gasteiger partial charge in [0, 0.05) is 6.54 Å². The zero-order valence-corrected chi connectivity index (χ0v) is 16.8. The molecule has 0 aromatic heterocycles. The van der Waals surface area contributed by atoms with Crippen LogP contribution in [0.4, 0.5) is 4.79 Å². The molecule has 9 nitrogen and oxygen atoms in total. The van der Waals surface area contributed by atoms with Gasteiger partial charge in [-0.3, -0.25) is 9.59 Å². The maximum Gasteiger partial charge on any atom is 0.408 e.